The summed E-state index contributed by atoms with van der Waals surface area (Å²) in [4.78, 5) is 26.3. The number of anilines is 1. The molecule has 3 amide bonds. The van der Waals surface area contributed by atoms with E-state index in [1.54, 1.807) is 12.1 Å². The van der Waals surface area contributed by atoms with Crippen LogP contribution in [0.1, 0.15) is 22.2 Å². The Morgan fingerprint density at radius 1 is 1.16 bits per heavy atom. The lowest BCUT2D eigenvalue weighted by Crippen LogP contribution is -2.48. The van der Waals surface area contributed by atoms with Crippen molar-refractivity contribution in [2.24, 2.45) is 0 Å². The van der Waals surface area contributed by atoms with Gasteiger partial charge in [0.2, 0.25) is 0 Å². The van der Waals surface area contributed by atoms with Gasteiger partial charge >= 0.3 is 6.03 Å². The fourth-order valence-electron chi connectivity index (χ4n) is 2.33. The van der Waals surface area contributed by atoms with Crippen molar-refractivity contribution in [3.63, 3.8) is 0 Å². The van der Waals surface area contributed by atoms with Gasteiger partial charge in [-0.2, -0.15) is 0 Å². The molecule has 0 atom stereocenters. The Labute approximate surface area is 159 Å². The quantitative estimate of drug-likeness (QED) is 0.622. The van der Waals surface area contributed by atoms with E-state index in [1.165, 1.54) is 16.9 Å². The van der Waals surface area contributed by atoms with Crippen LogP contribution in [0, 0.1) is 6.92 Å². The molecule has 1 heterocycles. The van der Waals surface area contributed by atoms with Gasteiger partial charge in [0, 0.05) is 25.3 Å². The van der Waals surface area contributed by atoms with Gasteiger partial charge in [0.25, 0.3) is 5.91 Å². The second-order valence-corrected chi connectivity index (χ2v) is 7.77. The smallest absolute Gasteiger partial charge is 0.333 e. The number of urea groups is 1. The Bertz CT molecular complexity index is 735. The molecule has 0 saturated carbocycles. The molecule has 0 radical (unpaired) electrons. The molecule has 0 aliphatic rings. The van der Waals surface area contributed by atoms with E-state index in [0.29, 0.717) is 18.0 Å². The molecule has 2 rings (SSSR count). The number of nitrogens with zero attached hydrogens (tertiary/aromatic N) is 1. The first-order valence-electron chi connectivity index (χ1n) is 7.91. The molecule has 0 aliphatic heterocycles. The number of hydrogen-bond acceptors (Lipinski definition) is 4. The maximum atomic E-state index is 11.8. The molecule has 0 saturated heterocycles. The van der Waals surface area contributed by atoms with Crippen LogP contribution >= 0.6 is 27.3 Å². The van der Waals surface area contributed by atoms with Crippen molar-refractivity contribution in [3.8, 4) is 0 Å². The lowest BCUT2D eigenvalue weighted by atomic mass is 10.2. The highest BCUT2D eigenvalue weighted by Gasteiger charge is 2.10. The van der Waals surface area contributed by atoms with Gasteiger partial charge in [0.05, 0.1) is 8.66 Å². The average Bonchev–Trinajstić information content (AvgIpc) is 3.04. The van der Waals surface area contributed by atoms with Crippen LogP contribution in [0.5, 0.6) is 0 Å². The molecule has 0 spiro atoms. The molecule has 1 aromatic carbocycles. The van der Waals surface area contributed by atoms with Gasteiger partial charge < -0.3 is 10.2 Å². The van der Waals surface area contributed by atoms with E-state index in [0.717, 1.165) is 16.0 Å². The van der Waals surface area contributed by atoms with Gasteiger partial charge in [-0.1, -0.05) is 18.2 Å². The monoisotopic (exact) mass is 424 g/mol. The van der Waals surface area contributed by atoms with Gasteiger partial charge in [-0.05, 0) is 53.5 Å². The van der Waals surface area contributed by atoms with Crippen LogP contribution in [0.3, 0.4) is 0 Å². The highest BCUT2D eigenvalue weighted by atomic mass is 79.9. The van der Waals surface area contributed by atoms with Crippen LogP contribution in [0.25, 0.3) is 0 Å². The number of benzene rings is 1. The first kappa shape index (κ1) is 19.3. The Kier molecular flexibility index (Phi) is 7.27. The second-order valence-electron chi connectivity index (χ2n) is 5.30. The maximum Gasteiger partial charge on any atom is 0.333 e. The molecule has 0 aliphatic carbocycles. The number of aryl methyl sites for hydroxylation is 1. The van der Waals surface area contributed by atoms with Crippen molar-refractivity contribution in [2.45, 2.75) is 13.8 Å². The standard InChI is InChI=1S/C17H21BrN4O2S/c1-3-22(13-7-5-4-6-12(13)2)11-10-19-17(24)21-20-16(23)14-8-9-15(18)25-14/h4-9H,3,10-11H2,1-2H3,(H,20,23)(H2,19,21,24). The first-order chi connectivity index (χ1) is 12.0. The van der Waals surface area contributed by atoms with Crippen molar-refractivity contribution in [3.05, 3.63) is 50.6 Å². The van der Waals surface area contributed by atoms with Crippen LogP contribution in [0.15, 0.2) is 40.2 Å². The van der Waals surface area contributed by atoms with Crippen molar-refractivity contribution in [1.29, 1.82) is 0 Å². The fourth-order valence-corrected chi connectivity index (χ4v) is 3.61. The number of para-hydroxylation sites is 1. The van der Waals surface area contributed by atoms with E-state index in [2.05, 4.69) is 63.0 Å². The number of likely N-dealkylation sites (N-methyl/N-ethyl adjacent to an activating group) is 1. The summed E-state index contributed by atoms with van der Waals surface area (Å²) >= 11 is 4.59. The molecule has 3 N–H and O–H groups in total. The summed E-state index contributed by atoms with van der Waals surface area (Å²) in [6.45, 7) is 6.13. The second kappa shape index (κ2) is 9.43. The minimum absolute atomic E-state index is 0.346. The predicted octanol–water partition coefficient (Wildman–Crippen LogP) is 3.29. The van der Waals surface area contributed by atoms with Crippen LogP contribution in [0.2, 0.25) is 0 Å². The number of hydrazine groups is 1. The van der Waals surface area contributed by atoms with Crippen LogP contribution < -0.4 is 21.1 Å². The van der Waals surface area contributed by atoms with E-state index < -0.39 is 6.03 Å². The zero-order valence-corrected chi connectivity index (χ0v) is 16.5. The normalized spacial score (nSPS) is 10.2. The molecular formula is C17H21BrN4O2S. The number of carbonyl (C=O) groups is 2. The molecule has 8 heteroatoms. The molecule has 25 heavy (non-hydrogen) atoms. The lowest BCUT2D eigenvalue weighted by Gasteiger charge is -2.25. The van der Waals surface area contributed by atoms with Crippen LogP contribution in [-0.4, -0.2) is 31.6 Å². The van der Waals surface area contributed by atoms with E-state index in [9.17, 15) is 9.59 Å². The van der Waals surface area contributed by atoms with Crippen LogP contribution in [0.4, 0.5) is 10.5 Å². The first-order valence-corrected chi connectivity index (χ1v) is 9.52. The highest BCUT2D eigenvalue weighted by molar-refractivity contribution is 9.11. The number of thiophene rings is 1. The fraction of sp³-hybridized carbons (Fsp3) is 0.294. The van der Waals surface area contributed by atoms with Crippen molar-refractivity contribution in [1.82, 2.24) is 16.2 Å². The minimum Gasteiger partial charge on any atom is -0.370 e. The number of halogens is 1. The minimum atomic E-state index is -0.440. The van der Waals surface area contributed by atoms with Gasteiger partial charge in [-0.15, -0.1) is 11.3 Å². The topological polar surface area (TPSA) is 73.5 Å². The zero-order chi connectivity index (χ0) is 18.2. The zero-order valence-electron chi connectivity index (χ0n) is 14.1. The molecule has 0 bridgehead atoms. The Hall–Kier alpha value is -2.06. The SMILES string of the molecule is CCN(CCNC(=O)NNC(=O)c1ccc(Br)s1)c1ccccc1C. The number of rotatable bonds is 6. The number of hydrogen-bond donors (Lipinski definition) is 3. The summed E-state index contributed by atoms with van der Waals surface area (Å²) in [5, 5.41) is 2.74. The number of nitrogens with one attached hydrogen (secondary N) is 3. The number of carbonyl (C=O) groups excluding carboxylic acids is 2. The maximum absolute atomic E-state index is 11.8. The summed E-state index contributed by atoms with van der Waals surface area (Å²) < 4.78 is 0.859. The van der Waals surface area contributed by atoms with Gasteiger partial charge in [-0.25, -0.2) is 10.2 Å². The Morgan fingerprint density at radius 3 is 2.56 bits per heavy atom. The summed E-state index contributed by atoms with van der Waals surface area (Å²) in [6.07, 6.45) is 0. The van der Waals surface area contributed by atoms with Crippen LogP contribution in [-0.2, 0) is 0 Å². The Balaban J connectivity index is 1.74. The molecular weight excluding hydrogens is 404 g/mol. The summed E-state index contributed by atoms with van der Waals surface area (Å²) in [7, 11) is 0. The summed E-state index contributed by atoms with van der Waals surface area (Å²) in [5.41, 5.74) is 7.09. The van der Waals surface area contributed by atoms with E-state index in [-0.39, 0.29) is 5.91 Å². The highest BCUT2D eigenvalue weighted by Crippen LogP contribution is 2.21. The third-order valence-corrected chi connectivity index (χ3v) is 5.21. The molecule has 0 unspecified atom stereocenters. The molecule has 0 fully saturated rings. The number of amides is 3. The third-order valence-electron chi connectivity index (χ3n) is 3.59. The van der Waals surface area contributed by atoms with E-state index in [4.69, 9.17) is 0 Å². The van der Waals surface area contributed by atoms with Crippen molar-refractivity contribution in [2.75, 3.05) is 24.5 Å². The molecule has 134 valence electrons. The molecule has 1 aromatic heterocycles. The average molecular weight is 425 g/mol. The van der Waals surface area contributed by atoms with E-state index >= 15 is 0 Å². The Morgan fingerprint density at radius 2 is 1.92 bits per heavy atom. The molecule has 6 nitrogen and oxygen atoms in total. The lowest BCUT2D eigenvalue weighted by molar-refractivity contribution is 0.0940. The third kappa shape index (κ3) is 5.75. The summed E-state index contributed by atoms with van der Waals surface area (Å²) in [5.74, 6) is -0.346. The van der Waals surface area contributed by atoms with E-state index in [1.807, 2.05) is 12.1 Å². The van der Waals surface area contributed by atoms with Gasteiger partial charge in [0.1, 0.15) is 0 Å². The predicted molar refractivity (Wildman–Crippen MR) is 105 cm³/mol. The summed E-state index contributed by atoms with van der Waals surface area (Å²) in [6, 6.07) is 11.2. The van der Waals surface area contributed by atoms with Crippen molar-refractivity contribution < 1.29 is 9.59 Å². The van der Waals surface area contributed by atoms with Gasteiger partial charge in [-0.3, -0.25) is 10.2 Å². The van der Waals surface area contributed by atoms with Gasteiger partial charge in [0.15, 0.2) is 0 Å². The molecule has 2 aromatic rings. The largest absolute Gasteiger partial charge is 0.370 e. The van der Waals surface area contributed by atoms with Crippen molar-refractivity contribution >= 4 is 44.9 Å².